The van der Waals surface area contributed by atoms with Gasteiger partial charge in [-0.05, 0) is 78.1 Å². The Morgan fingerprint density at radius 1 is 1.32 bits per heavy atom. The minimum Gasteiger partial charge on any atom is -0.313 e. The van der Waals surface area contributed by atoms with Gasteiger partial charge < -0.3 is 5.32 Å². The second-order valence-corrected chi connectivity index (χ2v) is 7.70. The van der Waals surface area contributed by atoms with Crippen LogP contribution in [-0.4, -0.2) is 7.05 Å². The molecule has 0 spiro atoms. The summed E-state index contributed by atoms with van der Waals surface area (Å²) in [4.78, 5) is 0. The molecule has 1 saturated carbocycles. The maximum Gasteiger partial charge on any atom is 0.0357 e. The SMILES string of the molecule is CCC1CCC(C(NC)c2cc(Br)ccc2I)CC1. The van der Waals surface area contributed by atoms with Crippen molar-refractivity contribution in [3.05, 3.63) is 31.8 Å². The molecule has 1 aliphatic rings. The zero-order valence-electron chi connectivity index (χ0n) is 11.8. The zero-order valence-corrected chi connectivity index (χ0v) is 15.5. The van der Waals surface area contributed by atoms with Crippen molar-refractivity contribution in [3.8, 4) is 0 Å². The summed E-state index contributed by atoms with van der Waals surface area (Å²) in [6.45, 7) is 2.33. The van der Waals surface area contributed by atoms with Crippen molar-refractivity contribution in [1.82, 2.24) is 5.32 Å². The minimum absolute atomic E-state index is 0.502. The molecule has 1 N–H and O–H groups in total. The Kier molecular flexibility index (Phi) is 6.15. The lowest BCUT2D eigenvalue weighted by molar-refractivity contribution is 0.224. The van der Waals surface area contributed by atoms with Crippen LogP contribution in [0, 0.1) is 15.4 Å². The van der Waals surface area contributed by atoms with Gasteiger partial charge in [-0.1, -0.05) is 42.1 Å². The number of hydrogen-bond acceptors (Lipinski definition) is 1. The maximum absolute atomic E-state index is 3.61. The lowest BCUT2D eigenvalue weighted by atomic mass is 9.76. The first kappa shape index (κ1) is 15.8. The lowest BCUT2D eigenvalue weighted by Gasteiger charge is -2.34. The average Bonchev–Trinajstić information content (AvgIpc) is 2.44. The summed E-state index contributed by atoms with van der Waals surface area (Å²) in [6.07, 6.45) is 6.90. The third kappa shape index (κ3) is 3.94. The molecule has 1 aromatic rings. The summed E-state index contributed by atoms with van der Waals surface area (Å²) in [5.74, 6) is 1.76. The van der Waals surface area contributed by atoms with Gasteiger partial charge in [0.15, 0.2) is 0 Å². The monoisotopic (exact) mass is 435 g/mol. The summed E-state index contributed by atoms with van der Waals surface area (Å²) in [6, 6.07) is 7.13. The van der Waals surface area contributed by atoms with Gasteiger partial charge >= 0.3 is 0 Å². The van der Waals surface area contributed by atoms with E-state index in [0.717, 1.165) is 11.8 Å². The van der Waals surface area contributed by atoms with Crippen molar-refractivity contribution >= 4 is 38.5 Å². The van der Waals surface area contributed by atoms with Crippen LogP contribution in [0.3, 0.4) is 0 Å². The fourth-order valence-electron chi connectivity index (χ4n) is 3.33. The van der Waals surface area contributed by atoms with Gasteiger partial charge in [0.05, 0.1) is 0 Å². The predicted molar refractivity (Wildman–Crippen MR) is 94.4 cm³/mol. The van der Waals surface area contributed by atoms with Crippen molar-refractivity contribution in [1.29, 1.82) is 0 Å². The zero-order chi connectivity index (χ0) is 13.8. The van der Waals surface area contributed by atoms with E-state index >= 15 is 0 Å². The number of rotatable bonds is 4. The van der Waals surface area contributed by atoms with Crippen LogP contribution in [-0.2, 0) is 0 Å². The van der Waals surface area contributed by atoms with Crippen molar-refractivity contribution < 1.29 is 0 Å². The topological polar surface area (TPSA) is 12.0 Å². The number of hydrogen-bond donors (Lipinski definition) is 1. The summed E-state index contributed by atoms with van der Waals surface area (Å²) < 4.78 is 2.56. The molecule has 1 aromatic carbocycles. The van der Waals surface area contributed by atoms with Crippen LogP contribution < -0.4 is 5.32 Å². The Bertz CT molecular complexity index is 413. The summed E-state index contributed by atoms with van der Waals surface area (Å²) in [5, 5.41) is 3.56. The molecule has 0 aliphatic heterocycles. The molecule has 1 atom stereocenters. The average molecular weight is 436 g/mol. The second kappa shape index (κ2) is 7.41. The van der Waals surface area contributed by atoms with Gasteiger partial charge in [0.2, 0.25) is 0 Å². The Balaban J connectivity index is 2.14. The molecule has 1 nitrogen and oxygen atoms in total. The fourth-order valence-corrected chi connectivity index (χ4v) is 4.38. The molecule has 19 heavy (non-hydrogen) atoms. The molecule has 2 rings (SSSR count). The Morgan fingerprint density at radius 2 is 2.00 bits per heavy atom. The van der Waals surface area contributed by atoms with E-state index in [-0.39, 0.29) is 0 Å². The van der Waals surface area contributed by atoms with Crippen molar-refractivity contribution in [3.63, 3.8) is 0 Å². The second-order valence-electron chi connectivity index (χ2n) is 5.62. The molecular weight excluding hydrogens is 413 g/mol. The van der Waals surface area contributed by atoms with Gasteiger partial charge in [-0.15, -0.1) is 0 Å². The third-order valence-electron chi connectivity index (χ3n) is 4.54. The first-order chi connectivity index (χ1) is 9.15. The van der Waals surface area contributed by atoms with Gasteiger partial charge in [-0.3, -0.25) is 0 Å². The van der Waals surface area contributed by atoms with Gasteiger partial charge in [0, 0.05) is 14.1 Å². The van der Waals surface area contributed by atoms with Crippen molar-refractivity contribution in [2.75, 3.05) is 7.05 Å². The van der Waals surface area contributed by atoms with Gasteiger partial charge in [-0.2, -0.15) is 0 Å². The van der Waals surface area contributed by atoms with E-state index in [9.17, 15) is 0 Å². The Labute approximate surface area is 139 Å². The van der Waals surface area contributed by atoms with Crippen LogP contribution in [0.2, 0.25) is 0 Å². The molecular formula is C16H23BrIN. The predicted octanol–water partition coefficient (Wildman–Crippen LogP) is 5.53. The van der Waals surface area contributed by atoms with Crippen LogP contribution in [0.15, 0.2) is 22.7 Å². The Hall–Kier alpha value is 0.390. The van der Waals surface area contributed by atoms with Gasteiger partial charge in [-0.25, -0.2) is 0 Å². The van der Waals surface area contributed by atoms with Gasteiger partial charge in [0.1, 0.15) is 0 Å². The first-order valence-electron chi connectivity index (χ1n) is 7.28. The molecule has 0 saturated heterocycles. The quantitative estimate of drug-likeness (QED) is 0.613. The minimum atomic E-state index is 0.502. The highest BCUT2D eigenvalue weighted by atomic mass is 127. The smallest absolute Gasteiger partial charge is 0.0357 e. The molecule has 1 unspecified atom stereocenters. The molecule has 3 heteroatoms. The highest BCUT2D eigenvalue weighted by Crippen LogP contribution is 2.39. The van der Waals surface area contributed by atoms with E-state index in [4.69, 9.17) is 0 Å². The summed E-state index contributed by atoms with van der Waals surface area (Å²) >= 11 is 6.07. The number of nitrogens with one attached hydrogen (secondary N) is 1. The normalized spacial score (nSPS) is 25.3. The van der Waals surface area contributed by atoms with Gasteiger partial charge in [0.25, 0.3) is 0 Å². The molecule has 1 fully saturated rings. The number of halogens is 2. The largest absolute Gasteiger partial charge is 0.313 e. The first-order valence-corrected chi connectivity index (χ1v) is 9.15. The third-order valence-corrected chi connectivity index (χ3v) is 6.02. The number of benzene rings is 1. The van der Waals surface area contributed by atoms with E-state index in [1.165, 1.54) is 45.7 Å². The van der Waals surface area contributed by atoms with Crippen LogP contribution in [0.5, 0.6) is 0 Å². The van der Waals surface area contributed by atoms with E-state index in [0.29, 0.717) is 6.04 Å². The van der Waals surface area contributed by atoms with Crippen molar-refractivity contribution in [2.45, 2.75) is 45.1 Å². The van der Waals surface area contributed by atoms with E-state index in [1.807, 2.05) is 0 Å². The van der Waals surface area contributed by atoms with E-state index in [2.05, 4.69) is 76.0 Å². The highest BCUT2D eigenvalue weighted by Gasteiger charge is 2.28. The molecule has 0 aromatic heterocycles. The molecule has 0 bridgehead atoms. The van der Waals surface area contributed by atoms with E-state index in [1.54, 1.807) is 0 Å². The molecule has 0 radical (unpaired) electrons. The molecule has 0 amide bonds. The highest BCUT2D eigenvalue weighted by molar-refractivity contribution is 14.1. The summed E-state index contributed by atoms with van der Waals surface area (Å²) in [5.41, 5.74) is 1.46. The molecule has 1 aliphatic carbocycles. The van der Waals surface area contributed by atoms with Crippen LogP contribution in [0.25, 0.3) is 0 Å². The van der Waals surface area contributed by atoms with Crippen molar-refractivity contribution in [2.24, 2.45) is 11.8 Å². The maximum atomic E-state index is 3.61. The lowest BCUT2D eigenvalue weighted by Crippen LogP contribution is -2.29. The summed E-state index contributed by atoms with van der Waals surface area (Å²) in [7, 11) is 2.10. The van der Waals surface area contributed by atoms with Crippen LogP contribution >= 0.6 is 38.5 Å². The standard InChI is InChI=1S/C16H23BrIN/c1-3-11-4-6-12(7-5-11)16(19-2)14-10-13(17)8-9-15(14)18/h8-12,16,19H,3-7H2,1-2H3. The van der Waals surface area contributed by atoms with Crippen LogP contribution in [0.4, 0.5) is 0 Å². The Morgan fingerprint density at radius 3 is 2.58 bits per heavy atom. The van der Waals surface area contributed by atoms with Crippen LogP contribution in [0.1, 0.15) is 50.6 Å². The van der Waals surface area contributed by atoms with E-state index < -0.39 is 0 Å². The molecule has 106 valence electrons. The molecule has 0 heterocycles. The fraction of sp³-hybridized carbons (Fsp3) is 0.625.